The molecule has 0 fully saturated rings. The summed E-state index contributed by atoms with van der Waals surface area (Å²) in [5.74, 6) is 1.50. The molecular formula is C14H19N3O2S. The molecule has 0 unspecified atom stereocenters. The molecule has 0 aliphatic carbocycles. The number of aryl methyl sites for hydroxylation is 1. The van der Waals surface area contributed by atoms with Gasteiger partial charge in [-0.3, -0.25) is 0 Å². The van der Waals surface area contributed by atoms with E-state index in [1.165, 1.54) is 0 Å². The third kappa shape index (κ3) is 3.26. The van der Waals surface area contributed by atoms with Gasteiger partial charge in [0.05, 0.1) is 19.8 Å². The first kappa shape index (κ1) is 14.7. The molecule has 0 atom stereocenters. The number of hydrogen-bond donors (Lipinski definition) is 1. The van der Waals surface area contributed by atoms with Gasteiger partial charge in [-0.05, 0) is 32.1 Å². The van der Waals surface area contributed by atoms with E-state index in [9.17, 15) is 0 Å². The Morgan fingerprint density at radius 3 is 2.45 bits per heavy atom. The smallest absolute Gasteiger partial charge is 0.155 e. The molecule has 1 N–H and O–H groups in total. The maximum Gasteiger partial charge on any atom is 0.155 e. The highest BCUT2D eigenvalue weighted by atomic mass is 32.1. The molecule has 20 heavy (non-hydrogen) atoms. The first-order valence-corrected chi connectivity index (χ1v) is 7.30. The summed E-state index contributed by atoms with van der Waals surface area (Å²) in [4.78, 5) is 0. The lowest BCUT2D eigenvalue weighted by Crippen LogP contribution is -2.08. The van der Waals surface area contributed by atoms with Gasteiger partial charge in [-0.25, -0.2) is 0 Å². The molecule has 5 nitrogen and oxygen atoms in total. The molecule has 0 saturated heterocycles. The van der Waals surface area contributed by atoms with Crippen molar-refractivity contribution in [2.75, 3.05) is 27.8 Å². The molecule has 1 heterocycles. The number of ether oxygens (including phenoxy) is 2. The maximum absolute atomic E-state index is 5.40. The van der Waals surface area contributed by atoms with Crippen LogP contribution in [-0.4, -0.2) is 38.0 Å². The van der Waals surface area contributed by atoms with Gasteiger partial charge >= 0.3 is 0 Å². The first-order valence-electron chi connectivity index (χ1n) is 6.48. The minimum absolute atomic E-state index is 0.752. The van der Waals surface area contributed by atoms with Crippen molar-refractivity contribution < 1.29 is 9.47 Å². The maximum atomic E-state index is 5.40. The van der Waals surface area contributed by atoms with E-state index in [0.29, 0.717) is 0 Å². The van der Waals surface area contributed by atoms with E-state index in [1.807, 2.05) is 25.2 Å². The second-order valence-electron chi connectivity index (χ2n) is 4.25. The fraction of sp³-hybridized carbons (Fsp3) is 0.429. The largest absolute Gasteiger partial charge is 0.496 e. The van der Waals surface area contributed by atoms with Gasteiger partial charge in [0.1, 0.15) is 16.5 Å². The Morgan fingerprint density at radius 2 is 1.85 bits per heavy atom. The second kappa shape index (κ2) is 7.21. The van der Waals surface area contributed by atoms with Crippen LogP contribution < -0.4 is 14.8 Å². The second-order valence-corrected chi connectivity index (χ2v) is 5.31. The minimum Gasteiger partial charge on any atom is -0.496 e. The molecule has 2 rings (SSSR count). The lowest BCUT2D eigenvalue weighted by Gasteiger charge is -2.09. The normalized spacial score (nSPS) is 10.6. The number of hydrogen-bond acceptors (Lipinski definition) is 6. The summed E-state index contributed by atoms with van der Waals surface area (Å²) in [6.07, 6.45) is 1.98. The van der Waals surface area contributed by atoms with Crippen molar-refractivity contribution >= 4 is 11.3 Å². The molecule has 0 aliphatic rings. The van der Waals surface area contributed by atoms with Crippen LogP contribution in [-0.2, 0) is 6.42 Å². The van der Waals surface area contributed by atoms with Crippen LogP contribution in [0.1, 0.15) is 11.4 Å². The van der Waals surface area contributed by atoms with E-state index < -0.39 is 0 Å². The fourth-order valence-electron chi connectivity index (χ4n) is 1.93. The lowest BCUT2D eigenvalue weighted by molar-refractivity contribution is 0.397. The van der Waals surface area contributed by atoms with Gasteiger partial charge in [0.15, 0.2) is 5.01 Å². The Morgan fingerprint density at radius 1 is 1.15 bits per heavy atom. The zero-order valence-corrected chi connectivity index (χ0v) is 12.8. The number of aromatic nitrogens is 2. The number of nitrogens with one attached hydrogen (secondary N) is 1. The van der Waals surface area contributed by atoms with E-state index >= 15 is 0 Å². The van der Waals surface area contributed by atoms with Crippen molar-refractivity contribution in [1.29, 1.82) is 0 Å². The van der Waals surface area contributed by atoms with Crippen LogP contribution in [0.3, 0.4) is 0 Å². The van der Waals surface area contributed by atoms with Crippen molar-refractivity contribution in [3.63, 3.8) is 0 Å². The molecule has 1 aromatic heterocycles. The van der Waals surface area contributed by atoms with Gasteiger partial charge in [-0.15, -0.1) is 10.2 Å². The van der Waals surface area contributed by atoms with E-state index in [-0.39, 0.29) is 0 Å². The third-order valence-corrected chi connectivity index (χ3v) is 3.93. The molecule has 0 amide bonds. The predicted molar refractivity (Wildman–Crippen MR) is 80.7 cm³/mol. The summed E-state index contributed by atoms with van der Waals surface area (Å²) in [5, 5.41) is 13.5. The number of rotatable bonds is 7. The van der Waals surface area contributed by atoms with Crippen LogP contribution in [0.4, 0.5) is 0 Å². The molecule has 2 aromatic rings. The minimum atomic E-state index is 0.752. The predicted octanol–water partition coefficient (Wildman–Crippen LogP) is 2.37. The van der Waals surface area contributed by atoms with Crippen molar-refractivity contribution in [1.82, 2.24) is 15.5 Å². The van der Waals surface area contributed by atoms with Gasteiger partial charge in [0.2, 0.25) is 0 Å². The van der Waals surface area contributed by atoms with Crippen molar-refractivity contribution in [2.24, 2.45) is 0 Å². The van der Waals surface area contributed by atoms with Crippen LogP contribution in [0.5, 0.6) is 11.5 Å². The molecule has 0 saturated carbocycles. The van der Waals surface area contributed by atoms with Crippen molar-refractivity contribution in [2.45, 2.75) is 12.8 Å². The zero-order valence-electron chi connectivity index (χ0n) is 12.0. The number of methoxy groups -OCH3 is 2. The van der Waals surface area contributed by atoms with E-state index in [1.54, 1.807) is 25.6 Å². The average Bonchev–Trinajstić information content (AvgIpc) is 2.95. The summed E-state index contributed by atoms with van der Waals surface area (Å²) in [5.41, 5.74) is 0.870. The van der Waals surface area contributed by atoms with Gasteiger partial charge in [0.25, 0.3) is 0 Å². The Labute approximate surface area is 123 Å². The van der Waals surface area contributed by atoms with Crippen LogP contribution >= 0.6 is 11.3 Å². The zero-order chi connectivity index (χ0) is 14.4. The third-order valence-electron chi connectivity index (χ3n) is 2.93. The molecule has 108 valence electrons. The molecule has 1 aromatic carbocycles. The molecule has 0 spiro atoms. The lowest BCUT2D eigenvalue weighted by atomic mass is 10.2. The topological polar surface area (TPSA) is 56.3 Å². The molecule has 6 heteroatoms. The molecule has 0 bridgehead atoms. The van der Waals surface area contributed by atoms with E-state index in [2.05, 4.69) is 15.5 Å². The summed E-state index contributed by atoms with van der Waals surface area (Å²) >= 11 is 1.59. The van der Waals surface area contributed by atoms with Gasteiger partial charge in [-0.2, -0.15) is 0 Å². The van der Waals surface area contributed by atoms with E-state index in [0.717, 1.165) is 46.5 Å². The Hall–Kier alpha value is -1.66. The van der Waals surface area contributed by atoms with Crippen molar-refractivity contribution in [3.05, 3.63) is 23.2 Å². The van der Waals surface area contributed by atoms with Crippen molar-refractivity contribution in [3.8, 4) is 22.1 Å². The average molecular weight is 293 g/mol. The molecular weight excluding hydrogens is 274 g/mol. The number of benzene rings is 1. The fourth-order valence-corrected chi connectivity index (χ4v) is 2.87. The van der Waals surface area contributed by atoms with E-state index in [4.69, 9.17) is 9.47 Å². The summed E-state index contributed by atoms with van der Waals surface area (Å²) in [6, 6.07) is 5.70. The van der Waals surface area contributed by atoms with Crippen LogP contribution in [0, 0.1) is 0 Å². The monoisotopic (exact) mass is 293 g/mol. The highest BCUT2D eigenvalue weighted by Crippen LogP contribution is 2.39. The van der Waals surface area contributed by atoms with Gasteiger partial charge < -0.3 is 14.8 Å². The number of nitrogens with zero attached hydrogens (tertiary/aromatic N) is 2. The first-order chi connectivity index (χ1) is 9.80. The Bertz CT molecular complexity index is 535. The standard InChI is InChI=1S/C14H19N3O2S/c1-15-9-5-8-12-16-17-14(20-12)13-10(18-2)6-4-7-11(13)19-3/h4,6-7,15H,5,8-9H2,1-3H3. The van der Waals surface area contributed by atoms with Crippen LogP contribution in [0.2, 0.25) is 0 Å². The molecule has 0 aliphatic heterocycles. The summed E-state index contributed by atoms with van der Waals surface area (Å²) < 4.78 is 10.8. The van der Waals surface area contributed by atoms with Crippen LogP contribution in [0.15, 0.2) is 18.2 Å². The van der Waals surface area contributed by atoms with Gasteiger partial charge in [0, 0.05) is 6.42 Å². The molecule has 0 radical (unpaired) electrons. The summed E-state index contributed by atoms with van der Waals surface area (Å²) in [7, 11) is 5.24. The SMILES string of the molecule is CNCCCc1nnc(-c2c(OC)cccc2OC)s1. The van der Waals surface area contributed by atoms with Gasteiger partial charge in [-0.1, -0.05) is 17.4 Å². The van der Waals surface area contributed by atoms with Crippen LogP contribution in [0.25, 0.3) is 10.6 Å². The quantitative estimate of drug-likeness (QED) is 0.794. The summed E-state index contributed by atoms with van der Waals surface area (Å²) in [6.45, 7) is 0.979. The highest BCUT2D eigenvalue weighted by molar-refractivity contribution is 7.14. The highest BCUT2D eigenvalue weighted by Gasteiger charge is 2.16. The Kier molecular flexibility index (Phi) is 5.31. The Balaban J connectivity index is 2.27.